The number of hydrogen-bond donors (Lipinski definition) is 1. The highest BCUT2D eigenvalue weighted by Crippen LogP contribution is 2.28. The molecular formula is C14H23N3O2S. The summed E-state index contributed by atoms with van der Waals surface area (Å²) in [6.07, 6.45) is 6.21. The minimum absolute atomic E-state index is 0.127. The fourth-order valence-corrected chi connectivity index (χ4v) is 4.04. The zero-order valence-electron chi connectivity index (χ0n) is 12.2. The lowest BCUT2D eigenvalue weighted by molar-refractivity contribution is 0.386. The van der Waals surface area contributed by atoms with Gasteiger partial charge in [-0.05, 0) is 37.8 Å². The fourth-order valence-electron chi connectivity index (χ4n) is 2.72. The Morgan fingerprint density at radius 3 is 2.75 bits per heavy atom. The van der Waals surface area contributed by atoms with Crippen molar-refractivity contribution in [2.24, 2.45) is 5.92 Å². The van der Waals surface area contributed by atoms with Gasteiger partial charge < -0.3 is 5.32 Å². The molecule has 1 aliphatic rings. The van der Waals surface area contributed by atoms with Crippen LogP contribution in [0.5, 0.6) is 0 Å². The normalized spacial score (nSPS) is 16.8. The highest BCUT2D eigenvalue weighted by molar-refractivity contribution is 7.89. The predicted molar refractivity (Wildman–Crippen MR) is 80.2 cm³/mol. The van der Waals surface area contributed by atoms with Gasteiger partial charge in [0.1, 0.15) is 0 Å². The monoisotopic (exact) mass is 297 g/mol. The summed E-state index contributed by atoms with van der Waals surface area (Å²) >= 11 is 0. The van der Waals surface area contributed by atoms with Gasteiger partial charge in [0, 0.05) is 26.3 Å². The van der Waals surface area contributed by atoms with Crippen LogP contribution in [0, 0.1) is 5.92 Å². The van der Waals surface area contributed by atoms with Gasteiger partial charge in [-0.25, -0.2) is 13.4 Å². The molecule has 0 spiro atoms. The average Bonchev–Trinajstić information content (AvgIpc) is 2.92. The second kappa shape index (κ2) is 6.54. The van der Waals surface area contributed by atoms with E-state index in [9.17, 15) is 8.42 Å². The van der Waals surface area contributed by atoms with Crippen LogP contribution in [0.15, 0.2) is 23.4 Å². The van der Waals surface area contributed by atoms with Crippen LogP contribution in [-0.2, 0) is 10.0 Å². The Morgan fingerprint density at radius 2 is 2.10 bits per heavy atom. The van der Waals surface area contributed by atoms with Gasteiger partial charge >= 0.3 is 0 Å². The molecule has 1 N–H and O–H groups in total. The molecule has 0 amide bonds. The van der Waals surface area contributed by atoms with Gasteiger partial charge in [-0.15, -0.1) is 0 Å². The van der Waals surface area contributed by atoms with Crippen LogP contribution in [0.1, 0.15) is 32.6 Å². The van der Waals surface area contributed by atoms with Crippen LogP contribution in [0.25, 0.3) is 0 Å². The third-order valence-electron chi connectivity index (χ3n) is 3.78. The molecule has 1 heterocycles. The molecule has 0 atom stereocenters. The van der Waals surface area contributed by atoms with E-state index in [4.69, 9.17) is 0 Å². The van der Waals surface area contributed by atoms with E-state index in [2.05, 4.69) is 10.3 Å². The van der Waals surface area contributed by atoms with Gasteiger partial charge in [-0.2, -0.15) is 4.31 Å². The Kier molecular flexibility index (Phi) is 4.99. The minimum atomic E-state index is -3.52. The third-order valence-corrected chi connectivity index (χ3v) is 5.57. The first-order valence-electron chi connectivity index (χ1n) is 7.21. The molecule has 1 aliphatic carbocycles. The largest absolute Gasteiger partial charge is 0.383 e. The molecule has 20 heavy (non-hydrogen) atoms. The molecule has 1 saturated carbocycles. The maximum Gasteiger partial charge on any atom is 0.262 e. The van der Waals surface area contributed by atoms with Gasteiger partial charge in [0.15, 0.2) is 5.03 Å². The highest BCUT2D eigenvalue weighted by Gasteiger charge is 2.28. The van der Waals surface area contributed by atoms with E-state index in [-0.39, 0.29) is 5.03 Å². The second-order valence-corrected chi connectivity index (χ2v) is 7.28. The standard InChI is InChI=1S/C14H23N3O2S/c1-3-15-13-9-6-10-16-14(13)20(18,19)17(2)11-12-7-4-5-8-12/h6,9-10,12,15H,3-5,7-8,11H2,1-2H3. The zero-order chi connectivity index (χ0) is 14.6. The topological polar surface area (TPSA) is 62.3 Å². The summed E-state index contributed by atoms with van der Waals surface area (Å²) in [6, 6.07) is 3.50. The van der Waals surface area contributed by atoms with Crippen molar-refractivity contribution in [3.05, 3.63) is 18.3 Å². The molecule has 2 rings (SSSR count). The van der Waals surface area contributed by atoms with Gasteiger partial charge in [0.05, 0.1) is 5.69 Å². The molecular weight excluding hydrogens is 274 g/mol. The predicted octanol–water partition coefficient (Wildman–Crippen LogP) is 2.32. The van der Waals surface area contributed by atoms with Crippen LogP contribution in [0.3, 0.4) is 0 Å². The summed E-state index contributed by atoms with van der Waals surface area (Å²) < 4.78 is 26.7. The molecule has 0 radical (unpaired) electrons. The van der Waals surface area contributed by atoms with E-state index >= 15 is 0 Å². The molecule has 0 aromatic carbocycles. The van der Waals surface area contributed by atoms with E-state index in [1.165, 1.54) is 23.3 Å². The van der Waals surface area contributed by atoms with E-state index in [0.29, 0.717) is 24.7 Å². The number of nitrogens with one attached hydrogen (secondary N) is 1. The van der Waals surface area contributed by atoms with Crippen LogP contribution in [0.2, 0.25) is 0 Å². The molecule has 0 aliphatic heterocycles. The molecule has 1 aromatic heterocycles. The Hall–Kier alpha value is -1.14. The molecule has 0 saturated heterocycles. The summed E-state index contributed by atoms with van der Waals surface area (Å²) in [5.74, 6) is 0.487. The molecule has 1 aromatic rings. The lowest BCUT2D eigenvalue weighted by atomic mass is 10.1. The Bertz CT molecular complexity index is 539. The number of sulfonamides is 1. The number of rotatable bonds is 6. The number of hydrogen-bond acceptors (Lipinski definition) is 4. The average molecular weight is 297 g/mol. The quantitative estimate of drug-likeness (QED) is 0.875. The maximum absolute atomic E-state index is 12.6. The second-order valence-electron chi connectivity index (χ2n) is 5.32. The van der Waals surface area contributed by atoms with Crippen molar-refractivity contribution in [2.45, 2.75) is 37.6 Å². The van der Waals surface area contributed by atoms with E-state index in [1.807, 2.05) is 6.92 Å². The highest BCUT2D eigenvalue weighted by atomic mass is 32.2. The van der Waals surface area contributed by atoms with Gasteiger partial charge in [0.25, 0.3) is 10.0 Å². The van der Waals surface area contributed by atoms with Crippen molar-refractivity contribution in [3.63, 3.8) is 0 Å². The first-order valence-corrected chi connectivity index (χ1v) is 8.65. The molecule has 0 bridgehead atoms. The summed E-state index contributed by atoms with van der Waals surface area (Å²) in [7, 11) is -1.87. The van der Waals surface area contributed by atoms with Gasteiger partial charge in [0.2, 0.25) is 0 Å². The van der Waals surface area contributed by atoms with E-state index in [0.717, 1.165) is 12.8 Å². The number of pyridine rings is 1. The number of anilines is 1. The van der Waals surface area contributed by atoms with Crippen molar-refractivity contribution in [2.75, 3.05) is 25.5 Å². The fraction of sp³-hybridized carbons (Fsp3) is 0.643. The first kappa shape index (κ1) is 15.3. The number of aromatic nitrogens is 1. The van der Waals surface area contributed by atoms with Gasteiger partial charge in [-0.3, -0.25) is 0 Å². The lowest BCUT2D eigenvalue weighted by Crippen LogP contribution is -2.32. The molecule has 112 valence electrons. The van der Waals surface area contributed by atoms with Crippen LogP contribution in [0.4, 0.5) is 5.69 Å². The van der Waals surface area contributed by atoms with Crippen LogP contribution in [-0.4, -0.2) is 37.8 Å². The SMILES string of the molecule is CCNc1cccnc1S(=O)(=O)N(C)CC1CCCC1. The Labute approximate surface area is 121 Å². The Balaban J connectivity index is 2.20. The molecule has 5 nitrogen and oxygen atoms in total. The maximum atomic E-state index is 12.6. The van der Waals surface area contributed by atoms with Crippen LogP contribution >= 0.6 is 0 Å². The van der Waals surface area contributed by atoms with Crippen molar-refractivity contribution >= 4 is 15.7 Å². The zero-order valence-corrected chi connectivity index (χ0v) is 13.0. The summed E-state index contributed by atoms with van der Waals surface area (Å²) in [5.41, 5.74) is 0.577. The summed E-state index contributed by atoms with van der Waals surface area (Å²) in [4.78, 5) is 4.07. The third kappa shape index (κ3) is 3.30. The van der Waals surface area contributed by atoms with Crippen molar-refractivity contribution in [1.82, 2.24) is 9.29 Å². The lowest BCUT2D eigenvalue weighted by Gasteiger charge is -2.21. The van der Waals surface area contributed by atoms with E-state index < -0.39 is 10.0 Å². The van der Waals surface area contributed by atoms with Crippen molar-refractivity contribution in [3.8, 4) is 0 Å². The van der Waals surface area contributed by atoms with Crippen molar-refractivity contribution < 1.29 is 8.42 Å². The molecule has 0 unspecified atom stereocenters. The summed E-state index contributed by atoms with van der Waals surface area (Å²) in [6.45, 7) is 3.19. The minimum Gasteiger partial charge on any atom is -0.383 e. The van der Waals surface area contributed by atoms with Crippen LogP contribution < -0.4 is 5.32 Å². The molecule has 6 heteroatoms. The first-order chi connectivity index (χ1) is 9.55. The number of nitrogens with zero attached hydrogens (tertiary/aromatic N) is 2. The van der Waals surface area contributed by atoms with Crippen molar-refractivity contribution in [1.29, 1.82) is 0 Å². The summed E-state index contributed by atoms with van der Waals surface area (Å²) in [5, 5.41) is 3.19. The van der Waals surface area contributed by atoms with Gasteiger partial charge in [-0.1, -0.05) is 12.8 Å². The smallest absolute Gasteiger partial charge is 0.262 e. The van der Waals surface area contributed by atoms with E-state index in [1.54, 1.807) is 19.2 Å². The molecule has 1 fully saturated rings. The Morgan fingerprint density at radius 1 is 1.40 bits per heavy atom.